The summed E-state index contributed by atoms with van der Waals surface area (Å²) >= 11 is 0. The zero-order valence-corrected chi connectivity index (χ0v) is 14.4. The first-order chi connectivity index (χ1) is 10.7. The van der Waals surface area contributed by atoms with Crippen LogP contribution in [0.25, 0.3) is 11.0 Å². The fourth-order valence-corrected chi connectivity index (χ4v) is 2.73. The van der Waals surface area contributed by atoms with E-state index in [1.807, 2.05) is 18.2 Å². The highest BCUT2D eigenvalue weighted by atomic mass is 16.5. The molecule has 0 bridgehead atoms. The van der Waals surface area contributed by atoms with E-state index in [2.05, 4.69) is 30.7 Å². The van der Waals surface area contributed by atoms with Gasteiger partial charge in [-0.15, -0.1) is 0 Å². The lowest BCUT2D eigenvalue weighted by molar-refractivity contribution is 0.198. The Hall–Kier alpha value is -1.55. The Labute approximate surface area is 133 Å². The van der Waals surface area contributed by atoms with Crippen molar-refractivity contribution >= 4 is 11.0 Å². The van der Waals surface area contributed by atoms with Crippen LogP contribution < -0.4 is 4.74 Å². The Balaban J connectivity index is 2.19. The number of methoxy groups -OCH3 is 1. The molecular formula is C18H29N3O. The monoisotopic (exact) mass is 303 g/mol. The summed E-state index contributed by atoms with van der Waals surface area (Å²) in [4.78, 5) is 10.8. The number of imidazole rings is 1. The first kappa shape index (κ1) is 16.8. The largest absolute Gasteiger partial charge is 0.497 e. The molecular weight excluding hydrogens is 274 g/mol. The standard InChI is InChI=1S/C18H29N3O/c1-5-7-11-21(12-8-6-2)14(3)18-19-16-10-9-15(22-4)13-17(16)20-18/h9-10,13-14H,5-8,11-12H2,1-4H3,(H,19,20). The molecule has 4 heteroatoms. The van der Waals surface area contributed by atoms with Gasteiger partial charge in [-0.1, -0.05) is 26.7 Å². The van der Waals surface area contributed by atoms with E-state index in [9.17, 15) is 0 Å². The summed E-state index contributed by atoms with van der Waals surface area (Å²) in [5.74, 6) is 1.92. The van der Waals surface area contributed by atoms with Crippen molar-refractivity contribution in [2.24, 2.45) is 0 Å². The van der Waals surface area contributed by atoms with E-state index in [1.165, 1.54) is 25.7 Å². The van der Waals surface area contributed by atoms with E-state index in [-0.39, 0.29) is 0 Å². The van der Waals surface area contributed by atoms with E-state index >= 15 is 0 Å². The van der Waals surface area contributed by atoms with Gasteiger partial charge in [0.2, 0.25) is 0 Å². The molecule has 1 atom stereocenters. The van der Waals surface area contributed by atoms with Crippen molar-refractivity contribution in [1.82, 2.24) is 14.9 Å². The van der Waals surface area contributed by atoms with Crippen LogP contribution in [-0.4, -0.2) is 35.1 Å². The van der Waals surface area contributed by atoms with E-state index in [0.717, 1.165) is 35.7 Å². The van der Waals surface area contributed by atoms with Crippen LogP contribution in [0.2, 0.25) is 0 Å². The molecule has 22 heavy (non-hydrogen) atoms. The lowest BCUT2D eigenvalue weighted by Crippen LogP contribution is -2.29. The summed E-state index contributed by atoms with van der Waals surface area (Å²) in [6.45, 7) is 9.02. The summed E-state index contributed by atoms with van der Waals surface area (Å²) in [5, 5.41) is 0. The molecule has 0 spiro atoms. The van der Waals surface area contributed by atoms with Gasteiger partial charge < -0.3 is 9.72 Å². The molecule has 1 aromatic heterocycles. The zero-order chi connectivity index (χ0) is 15.9. The third kappa shape index (κ3) is 4.01. The van der Waals surface area contributed by atoms with Gasteiger partial charge in [0, 0.05) is 6.07 Å². The maximum Gasteiger partial charge on any atom is 0.124 e. The Morgan fingerprint density at radius 2 is 1.86 bits per heavy atom. The van der Waals surface area contributed by atoms with E-state index in [4.69, 9.17) is 9.72 Å². The SMILES string of the molecule is CCCCN(CCCC)C(C)c1nc2ccc(OC)cc2[nH]1. The molecule has 0 aliphatic carbocycles. The van der Waals surface area contributed by atoms with Crippen LogP contribution in [0.1, 0.15) is 58.3 Å². The van der Waals surface area contributed by atoms with Gasteiger partial charge in [-0.2, -0.15) is 0 Å². The zero-order valence-electron chi connectivity index (χ0n) is 14.4. The molecule has 4 nitrogen and oxygen atoms in total. The van der Waals surface area contributed by atoms with Crippen LogP contribution in [0.5, 0.6) is 5.75 Å². The summed E-state index contributed by atoms with van der Waals surface area (Å²) in [6.07, 6.45) is 4.93. The van der Waals surface area contributed by atoms with Gasteiger partial charge in [0.1, 0.15) is 11.6 Å². The predicted octanol–water partition coefficient (Wildman–Crippen LogP) is 4.53. The Kier molecular flexibility index (Phi) is 6.25. The van der Waals surface area contributed by atoms with Gasteiger partial charge in [0.15, 0.2) is 0 Å². The fraction of sp³-hybridized carbons (Fsp3) is 0.611. The molecule has 0 saturated carbocycles. The first-order valence-electron chi connectivity index (χ1n) is 8.47. The molecule has 0 radical (unpaired) electrons. The van der Waals surface area contributed by atoms with Gasteiger partial charge in [-0.05, 0) is 45.0 Å². The maximum atomic E-state index is 5.29. The van der Waals surface area contributed by atoms with Crippen molar-refractivity contribution < 1.29 is 4.74 Å². The lowest BCUT2D eigenvalue weighted by Gasteiger charge is -2.27. The van der Waals surface area contributed by atoms with Gasteiger partial charge in [0.05, 0.1) is 24.2 Å². The van der Waals surface area contributed by atoms with Crippen LogP contribution in [0.4, 0.5) is 0 Å². The highest BCUT2D eigenvalue weighted by Crippen LogP contribution is 2.24. The Morgan fingerprint density at radius 1 is 1.18 bits per heavy atom. The van der Waals surface area contributed by atoms with Crippen molar-refractivity contribution in [3.63, 3.8) is 0 Å². The average molecular weight is 303 g/mol. The number of fused-ring (bicyclic) bond motifs is 1. The number of H-pyrrole nitrogens is 1. The smallest absolute Gasteiger partial charge is 0.124 e. The molecule has 122 valence electrons. The molecule has 0 aliphatic heterocycles. The number of hydrogen-bond donors (Lipinski definition) is 1. The molecule has 0 saturated heterocycles. The Bertz CT molecular complexity index is 571. The molecule has 1 N–H and O–H groups in total. The molecule has 0 fully saturated rings. The number of nitrogens with one attached hydrogen (secondary N) is 1. The molecule has 1 heterocycles. The van der Waals surface area contributed by atoms with E-state index in [0.29, 0.717) is 6.04 Å². The van der Waals surface area contributed by atoms with Gasteiger partial charge in [0.25, 0.3) is 0 Å². The normalized spacial score (nSPS) is 13.0. The third-order valence-corrected chi connectivity index (χ3v) is 4.25. The average Bonchev–Trinajstić information content (AvgIpc) is 2.97. The summed E-state index contributed by atoms with van der Waals surface area (Å²) < 4.78 is 5.29. The Morgan fingerprint density at radius 3 is 2.45 bits per heavy atom. The minimum absolute atomic E-state index is 0.316. The van der Waals surface area contributed by atoms with Crippen molar-refractivity contribution in [2.75, 3.05) is 20.2 Å². The lowest BCUT2D eigenvalue weighted by atomic mass is 10.2. The topological polar surface area (TPSA) is 41.2 Å². The van der Waals surface area contributed by atoms with Gasteiger partial charge >= 0.3 is 0 Å². The third-order valence-electron chi connectivity index (χ3n) is 4.25. The van der Waals surface area contributed by atoms with Gasteiger partial charge in [-0.25, -0.2) is 4.98 Å². The predicted molar refractivity (Wildman–Crippen MR) is 92.4 cm³/mol. The highest BCUT2D eigenvalue weighted by molar-refractivity contribution is 5.76. The number of benzene rings is 1. The molecule has 1 aromatic carbocycles. The maximum absolute atomic E-state index is 5.29. The molecule has 2 rings (SSSR count). The van der Waals surface area contributed by atoms with E-state index < -0.39 is 0 Å². The molecule has 1 unspecified atom stereocenters. The first-order valence-corrected chi connectivity index (χ1v) is 8.47. The summed E-state index contributed by atoms with van der Waals surface area (Å²) in [6, 6.07) is 6.31. The van der Waals surface area contributed by atoms with E-state index in [1.54, 1.807) is 7.11 Å². The molecule has 0 aliphatic rings. The minimum Gasteiger partial charge on any atom is -0.497 e. The van der Waals surface area contributed by atoms with Crippen LogP contribution >= 0.6 is 0 Å². The number of rotatable bonds is 9. The van der Waals surface area contributed by atoms with Gasteiger partial charge in [-0.3, -0.25) is 4.90 Å². The van der Waals surface area contributed by atoms with Crippen LogP contribution in [0.15, 0.2) is 18.2 Å². The fourth-order valence-electron chi connectivity index (χ4n) is 2.73. The van der Waals surface area contributed by atoms with Crippen molar-refractivity contribution in [3.8, 4) is 5.75 Å². The molecule has 2 aromatic rings. The second kappa shape index (κ2) is 8.18. The number of ether oxygens (including phenoxy) is 1. The van der Waals surface area contributed by atoms with Crippen molar-refractivity contribution in [3.05, 3.63) is 24.0 Å². The van der Waals surface area contributed by atoms with Crippen LogP contribution in [0, 0.1) is 0 Å². The number of aromatic nitrogens is 2. The van der Waals surface area contributed by atoms with Crippen molar-refractivity contribution in [1.29, 1.82) is 0 Å². The minimum atomic E-state index is 0.316. The summed E-state index contributed by atoms with van der Waals surface area (Å²) in [5.41, 5.74) is 2.06. The molecule has 0 amide bonds. The number of hydrogen-bond acceptors (Lipinski definition) is 3. The number of aromatic amines is 1. The second-order valence-electron chi connectivity index (χ2n) is 5.92. The number of nitrogens with zero attached hydrogens (tertiary/aromatic N) is 2. The highest BCUT2D eigenvalue weighted by Gasteiger charge is 2.18. The van der Waals surface area contributed by atoms with Crippen molar-refractivity contribution in [2.45, 2.75) is 52.5 Å². The van der Waals surface area contributed by atoms with Crippen LogP contribution in [0.3, 0.4) is 0 Å². The number of unbranched alkanes of at least 4 members (excludes halogenated alkanes) is 2. The second-order valence-corrected chi connectivity index (χ2v) is 5.92. The summed E-state index contributed by atoms with van der Waals surface area (Å²) in [7, 11) is 1.69. The van der Waals surface area contributed by atoms with Crippen LogP contribution in [-0.2, 0) is 0 Å². The quantitative estimate of drug-likeness (QED) is 0.739.